The van der Waals surface area contributed by atoms with Gasteiger partial charge in [0, 0.05) is 22.7 Å². The topological polar surface area (TPSA) is 54.2 Å². The molecule has 1 aliphatic heterocycles. The fourth-order valence-electron chi connectivity index (χ4n) is 4.03. The van der Waals surface area contributed by atoms with Crippen LogP contribution in [0.1, 0.15) is 49.4 Å². The first-order chi connectivity index (χ1) is 15.8. The van der Waals surface area contributed by atoms with Gasteiger partial charge in [-0.1, -0.05) is 37.2 Å². The van der Waals surface area contributed by atoms with Crippen LogP contribution in [0.25, 0.3) is 17.0 Å². The van der Waals surface area contributed by atoms with Gasteiger partial charge in [-0.3, -0.25) is 0 Å². The Bertz CT molecular complexity index is 1200. The average Bonchev–Trinajstić information content (AvgIpc) is 3.27. The van der Waals surface area contributed by atoms with Gasteiger partial charge < -0.3 is 14.7 Å². The van der Waals surface area contributed by atoms with Crippen molar-refractivity contribution in [2.75, 3.05) is 12.8 Å². The number of allylic oxidation sites excluding steroid dienone is 1. The van der Waals surface area contributed by atoms with Crippen molar-refractivity contribution in [2.24, 2.45) is 5.92 Å². The van der Waals surface area contributed by atoms with Gasteiger partial charge >= 0.3 is 0 Å². The van der Waals surface area contributed by atoms with E-state index in [9.17, 15) is 0 Å². The van der Waals surface area contributed by atoms with E-state index in [1.807, 2.05) is 12.1 Å². The van der Waals surface area contributed by atoms with E-state index in [0.29, 0.717) is 17.6 Å². The van der Waals surface area contributed by atoms with Gasteiger partial charge in [0.1, 0.15) is 0 Å². The fourth-order valence-corrected chi connectivity index (χ4v) is 4.77. The zero-order chi connectivity index (χ0) is 23.7. The van der Waals surface area contributed by atoms with Gasteiger partial charge in [0.05, 0.1) is 11.6 Å². The van der Waals surface area contributed by atoms with E-state index in [2.05, 4.69) is 86.6 Å². The van der Waals surface area contributed by atoms with Gasteiger partial charge in [-0.05, 0) is 86.1 Å². The third-order valence-corrected chi connectivity index (χ3v) is 7.09. The lowest BCUT2D eigenvalue weighted by atomic mass is 9.92. The molecule has 1 aromatic heterocycles. The van der Waals surface area contributed by atoms with Crippen LogP contribution in [-0.2, 0) is 0 Å². The molecule has 0 aliphatic carbocycles. The highest BCUT2D eigenvalue weighted by Gasteiger charge is 2.34. The fraction of sp³-hybridized carbons (Fsp3) is 0.346. The van der Waals surface area contributed by atoms with Crippen LogP contribution >= 0.6 is 24.0 Å². The minimum atomic E-state index is -0.160. The Morgan fingerprint density at radius 3 is 2.45 bits per heavy atom. The molecule has 0 fully saturated rings. The number of hydrogen-bond acceptors (Lipinski definition) is 5. The second-order valence-electron chi connectivity index (χ2n) is 8.88. The van der Waals surface area contributed by atoms with Crippen LogP contribution in [0, 0.1) is 19.8 Å². The SMILES string of the molecule is CSc1ccc(-c2noc(C3=C(C)N(CC(C)C)C(=S)NC3c3ccc(C)c(C)c3)n2)cc1. The maximum atomic E-state index is 5.85. The maximum absolute atomic E-state index is 5.85. The van der Waals surface area contributed by atoms with Crippen LogP contribution in [0.5, 0.6) is 0 Å². The molecule has 0 bridgehead atoms. The number of aryl methyl sites for hydroxylation is 2. The molecule has 7 heteroatoms. The van der Waals surface area contributed by atoms with Crippen LogP contribution in [0.4, 0.5) is 0 Å². The second-order valence-corrected chi connectivity index (χ2v) is 10.1. The van der Waals surface area contributed by atoms with Crippen molar-refractivity contribution >= 4 is 34.7 Å². The Morgan fingerprint density at radius 2 is 1.82 bits per heavy atom. The summed E-state index contributed by atoms with van der Waals surface area (Å²) in [5.74, 6) is 1.55. The molecule has 0 radical (unpaired) electrons. The summed E-state index contributed by atoms with van der Waals surface area (Å²) >= 11 is 7.49. The Hall–Kier alpha value is -2.64. The molecular formula is C26H30N4OS2. The molecule has 0 spiro atoms. The third kappa shape index (κ3) is 4.84. The van der Waals surface area contributed by atoms with E-state index in [-0.39, 0.29) is 6.04 Å². The molecule has 33 heavy (non-hydrogen) atoms. The third-order valence-electron chi connectivity index (χ3n) is 6.01. The Kier molecular flexibility index (Phi) is 6.91. The second kappa shape index (κ2) is 9.69. The number of aromatic nitrogens is 2. The van der Waals surface area contributed by atoms with Crippen LogP contribution in [0.3, 0.4) is 0 Å². The normalized spacial score (nSPS) is 16.5. The predicted molar refractivity (Wildman–Crippen MR) is 140 cm³/mol. The van der Waals surface area contributed by atoms with Crippen LogP contribution in [-0.4, -0.2) is 33.0 Å². The molecule has 2 aromatic carbocycles. The van der Waals surface area contributed by atoms with Gasteiger partial charge in [-0.15, -0.1) is 11.8 Å². The minimum absolute atomic E-state index is 0.160. The van der Waals surface area contributed by atoms with Gasteiger partial charge in [-0.25, -0.2) is 0 Å². The zero-order valence-electron chi connectivity index (χ0n) is 20.0. The molecule has 2 heterocycles. The highest BCUT2D eigenvalue weighted by atomic mass is 32.2. The molecule has 0 amide bonds. The van der Waals surface area contributed by atoms with Crippen molar-refractivity contribution in [3.05, 3.63) is 70.7 Å². The monoisotopic (exact) mass is 478 g/mol. The first-order valence-electron chi connectivity index (χ1n) is 11.1. The Morgan fingerprint density at radius 1 is 1.09 bits per heavy atom. The number of thioether (sulfide) groups is 1. The number of thiocarbonyl (C=S) groups is 1. The Labute approximate surface area is 205 Å². The lowest BCUT2D eigenvalue weighted by Gasteiger charge is -2.38. The highest BCUT2D eigenvalue weighted by Crippen LogP contribution is 2.38. The molecule has 172 valence electrons. The predicted octanol–water partition coefficient (Wildman–Crippen LogP) is 6.39. The highest BCUT2D eigenvalue weighted by molar-refractivity contribution is 7.98. The van der Waals surface area contributed by atoms with Gasteiger partial charge in [0.2, 0.25) is 5.82 Å². The number of benzene rings is 2. The van der Waals surface area contributed by atoms with E-state index >= 15 is 0 Å². The van der Waals surface area contributed by atoms with E-state index < -0.39 is 0 Å². The first-order valence-corrected chi connectivity index (χ1v) is 12.8. The van der Waals surface area contributed by atoms with Crippen molar-refractivity contribution in [2.45, 2.75) is 45.6 Å². The lowest BCUT2D eigenvalue weighted by Crippen LogP contribution is -2.47. The summed E-state index contributed by atoms with van der Waals surface area (Å²) in [6.45, 7) is 11.5. The summed E-state index contributed by atoms with van der Waals surface area (Å²) in [6, 6.07) is 14.5. The zero-order valence-corrected chi connectivity index (χ0v) is 21.6. The van der Waals surface area contributed by atoms with Crippen molar-refractivity contribution in [1.82, 2.24) is 20.4 Å². The molecule has 3 aromatic rings. The molecule has 0 saturated heterocycles. The minimum Gasteiger partial charge on any atom is -0.351 e. The van der Waals surface area contributed by atoms with E-state index in [4.69, 9.17) is 21.7 Å². The van der Waals surface area contributed by atoms with Crippen LogP contribution in [0.15, 0.2) is 57.6 Å². The molecule has 1 unspecified atom stereocenters. The summed E-state index contributed by atoms with van der Waals surface area (Å²) in [5, 5.41) is 8.58. The number of nitrogens with zero attached hydrogens (tertiary/aromatic N) is 3. The molecule has 5 nitrogen and oxygen atoms in total. The summed E-state index contributed by atoms with van der Waals surface area (Å²) in [7, 11) is 0. The standard InChI is InChI=1S/C26H30N4OS2/c1-15(2)14-30-18(5)22(23(27-26(30)32)20-8-7-16(3)17(4)13-20)25-28-24(29-31-25)19-9-11-21(33-6)12-10-19/h7-13,15,23H,14H2,1-6H3,(H,27,32). The molecule has 1 atom stereocenters. The molecular weight excluding hydrogens is 448 g/mol. The number of hydrogen-bond donors (Lipinski definition) is 1. The average molecular weight is 479 g/mol. The molecule has 1 aliphatic rings. The summed E-state index contributed by atoms with van der Waals surface area (Å²) < 4.78 is 5.85. The van der Waals surface area contributed by atoms with Gasteiger partial charge in [0.25, 0.3) is 5.89 Å². The summed E-state index contributed by atoms with van der Waals surface area (Å²) in [6.07, 6.45) is 2.06. The number of rotatable bonds is 6. The largest absolute Gasteiger partial charge is 0.351 e. The smallest absolute Gasteiger partial charge is 0.258 e. The Balaban J connectivity index is 1.80. The van der Waals surface area contributed by atoms with E-state index in [0.717, 1.165) is 34.1 Å². The van der Waals surface area contributed by atoms with E-state index in [1.54, 1.807) is 11.8 Å². The number of nitrogens with one attached hydrogen (secondary N) is 1. The van der Waals surface area contributed by atoms with Crippen molar-refractivity contribution in [3.8, 4) is 11.4 Å². The van der Waals surface area contributed by atoms with Crippen LogP contribution < -0.4 is 5.32 Å². The van der Waals surface area contributed by atoms with Crippen molar-refractivity contribution < 1.29 is 4.52 Å². The van der Waals surface area contributed by atoms with Crippen molar-refractivity contribution in [3.63, 3.8) is 0 Å². The van der Waals surface area contributed by atoms with Gasteiger partial charge in [0.15, 0.2) is 5.11 Å². The van der Waals surface area contributed by atoms with E-state index in [1.165, 1.54) is 16.0 Å². The molecule has 0 saturated carbocycles. The van der Waals surface area contributed by atoms with Gasteiger partial charge in [-0.2, -0.15) is 4.98 Å². The quantitative estimate of drug-likeness (QED) is 0.325. The van der Waals surface area contributed by atoms with Crippen LogP contribution in [0.2, 0.25) is 0 Å². The first kappa shape index (κ1) is 23.5. The lowest BCUT2D eigenvalue weighted by molar-refractivity contribution is 0.386. The summed E-state index contributed by atoms with van der Waals surface area (Å²) in [4.78, 5) is 8.15. The van der Waals surface area contributed by atoms with Crippen molar-refractivity contribution in [1.29, 1.82) is 0 Å². The molecule has 4 rings (SSSR count). The summed E-state index contributed by atoms with van der Waals surface area (Å²) in [5.41, 5.74) is 6.57. The maximum Gasteiger partial charge on any atom is 0.258 e. The molecule has 1 N–H and O–H groups in total.